The number of hydrogen-bond donors (Lipinski definition) is 14. The molecule has 0 aromatic rings. The fourth-order valence-electron chi connectivity index (χ4n) is 0. The highest BCUT2D eigenvalue weighted by Gasteiger charge is 1.86. The molecule has 0 saturated carbocycles. The van der Waals surface area contributed by atoms with Crippen LogP contribution in [-0.4, -0.2) is 70.1 Å². The molecule has 0 aliphatic heterocycles. The first-order valence-corrected chi connectivity index (χ1v) is 8.38. The van der Waals surface area contributed by atoms with E-state index in [1.165, 1.54) is 0 Å². The summed E-state index contributed by atoms with van der Waals surface area (Å²) in [6.45, 7) is 0. The smallest absolute Gasteiger partial charge is 0.344 e. The Labute approximate surface area is 149 Å². The van der Waals surface area contributed by atoms with Crippen molar-refractivity contribution in [1.82, 2.24) is 36.9 Å². The number of hydrogen-bond acceptors (Lipinski definition) is 14. The highest BCUT2D eigenvalue weighted by molar-refractivity contribution is 7.80. The highest BCUT2D eigenvalue weighted by atomic mass is 32.3. The van der Waals surface area contributed by atoms with Crippen LogP contribution < -0.4 is 36.9 Å². The van der Waals surface area contributed by atoms with Gasteiger partial charge in [-0.3, -0.25) is 36.4 Å². The molecule has 0 aromatic heterocycles. The molecule has 176 valence electrons. The van der Waals surface area contributed by atoms with E-state index in [1.807, 2.05) is 0 Å². The topological polar surface area (TPSA) is 508 Å². The van der Waals surface area contributed by atoms with Crippen molar-refractivity contribution < 1.29 is 70.1 Å². The van der Waals surface area contributed by atoms with Crippen molar-refractivity contribution in [2.45, 2.75) is 0 Å². The second kappa shape index (κ2) is 24.2. The molecule has 26 N–H and O–H groups in total. The summed E-state index contributed by atoms with van der Waals surface area (Å²) in [5.74, 6) is 0. The summed E-state index contributed by atoms with van der Waals surface area (Å²) in [4.78, 5) is 0. The normalized spacial score (nSPS) is 8.92. The van der Waals surface area contributed by atoms with Gasteiger partial charge in [-0.05, 0) is 0 Å². The van der Waals surface area contributed by atoms with Crippen molar-refractivity contribution in [2.24, 2.45) is 0 Å². The Balaban J connectivity index is -0.0000000152. The van der Waals surface area contributed by atoms with Crippen LogP contribution in [0.15, 0.2) is 0 Å². The molecule has 0 radical (unpaired) electrons. The van der Waals surface area contributed by atoms with E-state index in [0.29, 0.717) is 0 Å². The van der Waals surface area contributed by atoms with E-state index in [0.717, 1.165) is 0 Å². The molecule has 0 aliphatic rings. The lowest BCUT2D eigenvalue weighted by molar-refractivity contribution is 0.378. The van der Waals surface area contributed by atoms with Gasteiger partial charge in [0.15, 0.2) is 0 Å². The van der Waals surface area contributed by atoms with Gasteiger partial charge in [0.25, 0.3) is 0 Å². The minimum absolute atomic E-state index is 0. The van der Waals surface area contributed by atoms with Crippen LogP contribution in [0.3, 0.4) is 0 Å². The molecule has 0 amide bonds. The maximum atomic E-state index is 8.74. The first kappa shape index (κ1) is 63.9. The minimum Gasteiger partial charge on any atom is -0.344 e. The minimum atomic E-state index is -4.67. The van der Waals surface area contributed by atoms with Crippen molar-refractivity contribution in [2.75, 3.05) is 0 Å². The molecule has 0 spiro atoms. The summed E-state index contributed by atoms with van der Waals surface area (Å²) < 4.78 is 126. The average Bonchev–Trinajstić information content (AvgIpc) is 1.62. The third-order valence-corrected chi connectivity index (χ3v) is 0. The van der Waals surface area contributed by atoms with E-state index in [9.17, 15) is 0 Å². The van der Waals surface area contributed by atoms with Gasteiger partial charge in [-0.1, -0.05) is 0 Å². The van der Waals surface area contributed by atoms with Crippen LogP contribution in [0.4, 0.5) is 0 Å². The van der Waals surface area contributed by atoms with Crippen LogP contribution >= 0.6 is 0 Å². The van der Waals surface area contributed by atoms with Crippen LogP contribution in [0.5, 0.6) is 0 Å². The molecule has 0 unspecified atom stereocenters. The summed E-state index contributed by atoms with van der Waals surface area (Å²) >= 11 is 0. The lowest BCUT2D eigenvalue weighted by Crippen LogP contribution is -1.89. The van der Waals surface area contributed by atoms with Crippen molar-refractivity contribution in [3.05, 3.63) is 0 Å². The third kappa shape index (κ3) is 19900. The zero-order valence-corrected chi connectivity index (χ0v) is 16.0. The van der Waals surface area contributed by atoms with E-state index in [1.54, 1.807) is 0 Å². The van der Waals surface area contributed by atoms with Crippen LogP contribution in [0.1, 0.15) is 0 Å². The Bertz CT molecular complexity index is 488. The SMILES string of the molecule is N.N.N.N.N.N.O=S(=O)(O)O.O=S(=O)(O)O.O=S(=O)(O)O.O=S(=O)(O)O. The van der Waals surface area contributed by atoms with Crippen LogP contribution in [0.2, 0.25) is 0 Å². The quantitative estimate of drug-likeness (QED) is 0.168. The van der Waals surface area contributed by atoms with Gasteiger partial charge < -0.3 is 36.9 Å². The summed E-state index contributed by atoms with van der Waals surface area (Å²) in [5, 5.41) is 0. The Morgan fingerprint density at radius 2 is 0.269 bits per heavy atom. The van der Waals surface area contributed by atoms with Crippen molar-refractivity contribution in [1.29, 1.82) is 0 Å². The summed E-state index contributed by atoms with van der Waals surface area (Å²) in [7, 11) is -18.7. The third-order valence-electron chi connectivity index (χ3n) is 0. The largest absolute Gasteiger partial charge is 0.394 e. The molecule has 0 aliphatic carbocycles. The molecule has 26 heavy (non-hydrogen) atoms. The summed E-state index contributed by atoms with van der Waals surface area (Å²) in [6.07, 6.45) is 0. The van der Waals surface area contributed by atoms with Gasteiger partial charge in [0.05, 0.1) is 0 Å². The molecule has 26 heteroatoms. The Hall–Kier alpha value is -0.760. The monoisotopic (exact) mass is 494 g/mol. The Kier molecular flexibility index (Phi) is 59.5. The molecule has 0 rings (SSSR count). The maximum absolute atomic E-state index is 8.74. The summed E-state index contributed by atoms with van der Waals surface area (Å²) in [5.41, 5.74) is 0. The summed E-state index contributed by atoms with van der Waals surface area (Å²) in [6, 6.07) is 0. The van der Waals surface area contributed by atoms with Crippen LogP contribution in [0.25, 0.3) is 0 Å². The molecule has 0 atom stereocenters. The van der Waals surface area contributed by atoms with Crippen LogP contribution in [-0.2, 0) is 41.6 Å². The standard InChI is InChI=1S/6H3N.4H2O4S/c;;;;;;4*1-5(2,3)4/h6*1H3;4*(H2,1,2,3,4). The Morgan fingerprint density at radius 1 is 0.269 bits per heavy atom. The molecule has 22 nitrogen and oxygen atoms in total. The van der Waals surface area contributed by atoms with Crippen molar-refractivity contribution in [3.8, 4) is 0 Å². The average molecular weight is 495 g/mol. The fourth-order valence-corrected chi connectivity index (χ4v) is 0. The molecule has 0 aromatic carbocycles. The van der Waals surface area contributed by atoms with E-state index in [-0.39, 0.29) is 36.9 Å². The first-order chi connectivity index (χ1) is 8.00. The van der Waals surface area contributed by atoms with Gasteiger partial charge in [-0.15, -0.1) is 0 Å². The van der Waals surface area contributed by atoms with E-state index in [2.05, 4.69) is 0 Å². The van der Waals surface area contributed by atoms with Gasteiger partial charge in [-0.2, -0.15) is 33.7 Å². The van der Waals surface area contributed by atoms with E-state index >= 15 is 0 Å². The zero-order valence-electron chi connectivity index (χ0n) is 12.7. The zero-order chi connectivity index (χ0) is 18.0. The highest BCUT2D eigenvalue weighted by Crippen LogP contribution is 1.60. The van der Waals surface area contributed by atoms with Crippen LogP contribution in [0, 0.1) is 0 Å². The van der Waals surface area contributed by atoms with Crippen molar-refractivity contribution >= 4 is 41.6 Å². The maximum Gasteiger partial charge on any atom is 0.394 e. The first-order valence-electron chi connectivity index (χ1n) is 2.79. The van der Waals surface area contributed by atoms with Crippen molar-refractivity contribution in [3.63, 3.8) is 0 Å². The van der Waals surface area contributed by atoms with Gasteiger partial charge in [0, 0.05) is 0 Å². The lowest BCUT2D eigenvalue weighted by atomic mass is 14.0. The van der Waals surface area contributed by atoms with E-state index in [4.69, 9.17) is 70.1 Å². The number of rotatable bonds is 0. The molecular weight excluding hydrogens is 468 g/mol. The lowest BCUT2D eigenvalue weighted by Gasteiger charge is -1.68. The molecule has 0 fully saturated rings. The fraction of sp³-hybridized carbons (Fsp3) is 0. The van der Waals surface area contributed by atoms with Gasteiger partial charge >= 0.3 is 41.6 Å². The molecular formula is H26N6O16S4. The van der Waals surface area contributed by atoms with Gasteiger partial charge in [0.1, 0.15) is 0 Å². The molecule has 0 bridgehead atoms. The molecule has 0 heterocycles. The predicted octanol–water partition coefficient (Wildman–Crippen LogP) is -1.64. The predicted molar refractivity (Wildman–Crippen MR) is 86.8 cm³/mol. The Morgan fingerprint density at radius 3 is 0.269 bits per heavy atom. The second-order valence-electron chi connectivity index (χ2n) is 1.79. The van der Waals surface area contributed by atoms with Gasteiger partial charge in [-0.25, -0.2) is 0 Å². The second-order valence-corrected chi connectivity index (χ2v) is 5.37. The van der Waals surface area contributed by atoms with E-state index < -0.39 is 41.6 Å². The molecule has 0 saturated heterocycles. The van der Waals surface area contributed by atoms with Gasteiger partial charge in [0.2, 0.25) is 0 Å².